The molecule has 0 atom stereocenters. The number of benzene rings is 2. The molecule has 2 N–H and O–H groups in total. The molecule has 0 bridgehead atoms. The summed E-state index contributed by atoms with van der Waals surface area (Å²) in [6.45, 7) is 2.51. The molecule has 0 aromatic heterocycles. The highest BCUT2D eigenvalue weighted by Gasteiger charge is 2.11. The zero-order valence-corrected chi connectivity index (χ0v) is 12.5. The quantitative estimate of drug-likeness (QED) is 0.852. The van der Waals surface area contributed by atoms with Crippen molar-refractivity contribution in [1.82, 2.24) is 0 Å². The van der Waals surface area contributed by atoms with E-state index in [-0.39, 0.29) is 11.7 Å². The lowest BCUT2D eigenvalue weighted by Crippen LogP contribution is -2.14. The first-order valence-corrected chi connectivity index (χ1v) is 7.42. The van der Waals surface area contributed by atoms with E-state index in [0.717, 1.165) is 30.8 Å². The number of rotatable bonds is 3. The van der Waals surface area contributed by atoms with Gasteiger partial charge in [-0.05, 0) is 55.7 Å². The number of hydrogen-bond acceptors (Lipinski definition) is 3. The molecule has 4 nitrogen and oxygen atoms in total. The van der Waals surface area contributed by atoms with Gasteiger partial charge < -0.3 is 10.6 Å². The summed E-state index contributed by atoms with van der Waals surface area (Å²) in [4.78, 5) is 23.5. The van der Waals surface area contributed by atoms with E-state index < -0.39 is 0 Å². The van der Waals surface area contributed by atoms with Gasteiger partial charge in [0.05, 0.1) is 0 Å². The Morgan fingerprint density at radius 3 is 2.50 bits per heavy atom. The maximum atomic E-state index is 12.3. The average Bonchev–Trinajstić information content (AvgIpc) is 2.55. The predicted molar refractivity (Wildman–Crippen MR) is 87.7 cm³/mol. The SMILES string of the molecule is CC(=O)c1ccc(C(=O)Nc2ccc3c(c2)CCCN3)cc1. The third kappa shape index (κ3) is 3.01. The minimum absolute atomic E-state index is 0.00542. The molecule has 0 aliphatic carbocycles. The predicted octanol–water partition coefficient (Wildman–Crippen LogP) is 3.50. The highest BCUT2D eigenvalue weighted by Crippen LogP contribution is 2.25. The molecule has 0 unspecified atom stereocenters. The van der Waals surface area contributed by atoms with Gasteiger partial charge in [-0.15, -0.1) is 0 Å². The Bertz CT molecular complexity index is 720. The van der Waals surface area contributed by atoms with E-state index in [4.69, 9.17) is 0 Å². The van der Waals surface area contributed by atoms with E-state index in [1.54, 1.807) is 24.3 Å². The van der Waals surface area contributed by atoms with E-state index in [1.807, 2.05) is 18.2 Å². The standard InChI is InChI=1S/C18H18N2O2/c1-12(21)13-4-6-14(7-5-13)18(22)20-16-8-9-17-15(11-16)3-2-10-19-17/h4-9,11,19H,2-3,10H2,1H3,(H,20,22). The normalized spacial score (nSPS) is 13.0. The second kappa shape index (κ2) is 6.02. The summed E-state index contributed by atoms with van der Waals surface area (Å²) in [6.07, 6.45) is 2.14. The lowest BCUT2D eigenvalue weighted by molar-refractivity contribution is 0.101. The van der Waals surface area contributed by atoms with Crippen LogP contribution < -0.4 is 10.6 Å². The summed E-state index contributed by atoms with van der Waals surface area (Å²) in [5.74, 6) is -0.173. The van der Waals surface area contributed by atoms with E-state index in [1.165, 1.54) is 12.5 Å². The lowest BCUT2D eigenvalue weighted by Gasteiger charge is -2.18. The number of amides is 1. The van der Waals surface area contributed by atoms with Crippen LogP contribution in [-0.4, -0.2) is 18.2 Å². The fraction of sp³-hybridized carbons (Fsp3) is 0.222. The van der Waals surface area contributed by atoms with Gasteiger partial charge in [-0.25, -0.2) is 0 Å². The Balaban J connectivity index is 1.75. The van der Waals surface area contributed by atoms with E-state index in [0.29, 0.717) is 11.1 Å². The Kier molecular flexibility index (Phi) is 3.92. The molecule has 1 aliphatic rings. The highest BCUT2D eigenvalue weighted by molar-refractivity contribution is 6.05. The molecule has 0 fully saturated rings. The van der Waals surface area contributed by atoms with Gasteiger partial charge >= 0.3 is 0 Å². The number of ketones is 1. The second-order valence-corrected chi connectivity index (χ2v) is 5.49. The van der Waals surface area contributed by atoms with Crippen molar-refractivity contribution in [2.45, 2.75) is 19.8 Å². The number of fused-ring (bicyclic) bond motifs is 1. The van der Waals surface area contributed by atoms with Crippen molar-refractivity contribution in [3.8, 4) is 0 Å². The van der Waals surface area contributed by atoms with Gasteiger partial charge in [0.1, 0.15) is 0 Å². The smallest absolute Gasteiger partial charge is 0.255 e. The third-order valence-electron chi connectivity index (χ3n) is 3.86. The summed E-state index contributed by atoms with van der Waals surface area (Å²) in [5, 5.41) is 6.25. The first-order valence-electron chi connectivity index (χ1n) is 7.42. The van der Waals surface area contributed by atoms with Crippen LogP contribution in [0.4, 0.5) is 11.4 Å². The van der Waals surface area contributed by atoms with Crippen LogP contribution in [0.2, 0.25) is 0 Å². The van der Waals surface area contributed by atoms with Crippen LogP contribution in [0.15, 0.2) is 42.5 Å². The second-order valence-electron chi connectivity index (χ2n) is 5.49. The molecule has 0 saturated heterocycles. The summed E-state index contributed by atoms with van der Waals surface area (Å²) in [7, 11) is 0. The number of aryl methyl sites for hydroxylation is 1. The maximum absolute atomic E-state index is 12.3. The first-order chi connectivity index (χ1) is 10.6. The minimum atomic E-state index is -0.168. The number of Topliss-reactive ketones (excluding diaryl/α,β-unsaturated/α-hetero) is 1. The molecule has 112 valence electrons. The van der Waals surface area contributed by atoms with Crippen molar-refractivity contribution in [2.75, 3.05) is 17.2 Å². The van der Waals surface area contributed by atoms with Gasteiger partial charge in [-0.2, -0.15) is 0 Å². The summed E-state index contributed by atoms with van der Waals surface area (Å²) in [5.41, 5.74) is 4.33. The fourth-order valence-electron chi connectivity index (χ4n) is 2.61. The summed E-state index contributed by atoms with van der Waals surface area (Å²) >= 11 is 0. The zero-order valence-electron chi connectivity index (χ0n) is 12.5. The zero-order chi connectivity index (χ0) is 15.5. The van der Waals surface area contributed by atoms with Crippen LogP contribution in [-0.2, 0) is 6.42 Å². The maximum Gasteiger partial charge on any atom is 0.255 e. The van der Waals surface area contributed by atoms with Crippen molar-refractivity contribution in [2.24, 2.45) is 0 Å². The molecule has 0 saturated carbocycles. The first kappa shape index (κ1) is 14.3. The summed E-state index contributed by atoms with van der Waals surface area (Å²) in [6, 6.07) is 12.6. The number of hydrogen-bond donors (Lipinski definition) is 2. The topological polar surface area (TPSA) is 58.2 Å². The van der Waals surface area contributed by atoms with Gasteiger partial charge in [-0.3, -0.25) is 9.59 Å². The molecule has 2 aromatic carbocycles. The third-order valence-corrected chi connectivity index (χ3v) is 3.86. The molecule has 2 aromatic rings. The monoisotopic (exact) mass is 294 g/mol. The van der Waals surface area contributed by atoms with E-state index >= 15 is 0 Å². The molecular formula is C18H18N2O2. The number of carbonyl (C=O) groups is 2. The van der Waals surface area contributed by atoms with E-state index in [9.17, 15) is 9.59 Å². The Morgan fingerprint density at radius 2 is 1.77 bits per heavy atom. The van der Waals surface area contributed by atoms with Crippen molar-refractivity contribution in [1.29, 1.82) is 0 Å². The van der Waals surface area contributed by atoms with Crippen LogP contribution in [0, 0.1) is 0 Å². The van der Waals surface area contributed by atoms with E-state index in [2.05, 4.69) is 10.6 Å². The van der Waals surface area contributed by atoms with Crippen LogP contribution in [0.1, 0.15) is 39.6 Å². The van der Waals surface area contributed by atoms with Crippen LogP contribution in [0.25, 0.3) is 0 Å². The average molecular weight is 294 g/mol. The molecule has 22 heavy (non-hydrogen) atoms. The largest absolute Gasteiger partial charge is 0.385 e. The fourth-order valence-corrected chi connectivity index (χ4v) is 2.61. The van der Waals surface area contributed by atoms with Crippen molar-refractivity contribution in [3.63, 3.8) is 0 Å². The molecule has 0 spiro atoms. The van der Waals surface area contributed by atoms with Crippen LogP contribution >= 0.6 is 0 Å². The molecule has 3 rings (SSSR count). The van der Waals surface area contributed by atoms with Crippen molar-refractivity contribution < 1.29 is 9.59 Å². The van der Waals surface area contributed by atoms with Crippen LogP contribution in [0.3, 0.4) is 0 Å². The Hall–Kier alpha value is -2.62. The number of anilines is 2. The molecule has 1 aliphatic heterocycles. The molecular weight excluding hydrogens is 276 g/mol. The summed E-state index contributed by atoms with van der Waals surface area (Å²) < 4.78 is 0. The Labute approximate surface area is 129 Å². The van der Waals surface area contributed by atoms with Crippen molar-refractivity contribution >= 4 is 23.1 Å². The van der Waals surface area contributed by atoms with Gasteiger partial charge in [0.25, 0.3) is 5.91 Å². The lowest BCUT2D eigenvalue weighted by atomic mass is 10.0. The number of carbonyl (C=O) groups excluding carboxylic acids is 2. The minimum Gasteiger partial charge on any atom is -0.385 e. The number of nitrogens with one attached hydrogen (secondary N) is 2. The molecule has 0 radical (unpaired) electrons. The molecule has 1 heterocycles. The molecule has 4 heteroatoms. The van der Waals surface area contributed by atoms with Gasteiger partial charge in [0.15, 0.2) is 5.78 Å². The molecule has 1 amide bonds. The van der Waals surface area contributed by atoms with Gasteiger partial charge in [0, 0.05) is 29.0 Å². The van der Waals surface area contributed by atoms with Crippen LogP contribution in [0.5, 0.6) is 0 Å². The Morgan fingerprint density at radius 1 is 1.05 bits per heavy atom. The van der Waals surface area contributed by atoms with Gasteiger partial charge in [0.2, 0.25) is 0 Å². The highest BCUT2D eigenvalue weighted by atomic mass is 16.1. The van der Waals surface area contributed by atoms with Gasteiger partial charge in [-0.1, -0.05) is 12.1 Å². The van der Waals surface area contributed by atoms with Crippen molar-refractivity contribution in [3.05, 3.63) is 59.2 Å².